The Morgan fingerprint density at radius 1 is 1.70 bits per heavy atom. The zero-order valence-electron chi connectivity index (χ0n) is 5.10. The predicted octanol–water partition coefficient (Wildman–Crippen LogP) is 1.58. The highest BCUT2D eigenvalue weighted by atomic mass is 79.9. The van der Waals surface area contributed by atoms with Gasteiger partial charge in [0, 0.05) is 16.5 Å². The third-order valence-corrected chi connectivity index (χ3v) is 1.81. The largest absolute Gasteiger partial charge is 0.446 e. The Morgan fingerprint density at radius 3 is 3.50 bits per heavy atom. The van der Waals surface area contributed by atoms with Crippen LogP contribution in [-0.4, -0.2) is 10.2 Å². The van der Waals surface area contributed by atoms with Crippen LogP contribution in [0.3, 0.4) is 0 Å². The first kappa shape index (κ1) is 5.97. The van der Waals surface area contributed by atoms with Gasteiger partial charge in [-0.25, -0.2) is 5.10 Å². The second kappa shape index (κ2) is 2.12. The Kier molecular flexibility index (Phi) is 1.27. The zero-order chi connectivity index (χ0) is 6.97. The van der Waals surface area contributed by atoms with Crippen LogP contribution in [0.15, 0.2) is 16.9 Å². The van der Waals surface area contributed by atoms with Crippen molar-refractivity contribution in [1.29, 1.82) is 0 Å². The molecular formula is C6H5BrN2O. The molecule has 2 rings (SSSR count). The maximum atomic E-state index is 5.15. The molecule has 1 aliphatic heterocycles. The first-order chi connectivity index (χ1) is 4.86. The summed E-state index contributed by atoms with van der Waals surface area (Å²) >= 11 is 3.34. The van der Waals surface area contributed by atoms with Crippen molar-refractivity contribution in [3.63, 3.8) is 0 Å². The van der Waals surface area contributed by atoms with Gasteiger partial charge in [-0.15, -0.1) is 0 Å². The number of nitrogens with zero attached hydrogens (tertiary/aromatic N) is 1. The second-order valence-electron chi connectivity index (χ2n) is 2.08. The van der Waals surface area contributed by atoms with Crippen molar-refractivity contribution >= 4 is 15.9 Å². The smallest absolute Gasteiger partial charge is 0.217 e. The summed E-state index contributed by atoms with van der Waals surface area (Å²) in [4.78, 5) is 0. The van der Waals surface area contributed by atoms with Crippen molar-refractivity contribution in [1.82, 2.24) is 10.2 Å². The van der Waals surface area contributed by atoms with E-state index in [0.29, 0.717) is 0 Å². The molecule has 0 fully saturated rings. The molecule has 2 heterocycles. The van der Waals surface area contributed by atoms with E-state index < -0.39 is 0 Å². The summed E-state index contributed by atoms with van der Waals surface area (Å²) in [6.07, 6.45) is 4.30. The molecule has 0 aromatic carbocycles. The standard InChI is InChI=1S/C6H5BrN2O/c7-5-1-4-2-8-9-6(4)10-3-5/h2-3H,1H2,(H,8,9). The quantitative estimate of drug-likeness (QED) is 0.691. The third-order valence-electron chi connectivity index (χ3n) is 1.34. The van der Waals surface area contributed by atoms with Gasteiger partial charge in [0.2, 0.25) is 5.88 Å². The number of halogens is 1. The van der Waals surface area contributed by atoms with Crippen molar-refractivity contribution in [3.8, 4) is 5.88 Å². The molecule has 0 atom stereocenters. The number of allylic oxidation sites excluding steroid dienone is 1. The Bertz CT molecular complexity index is 279. The summed E-state index contributed by atoms with van der Waals surface area (Å²) in [5.74, 6) is 0.753. The van der Waals surface area contributed by atoms with Crippen molar-refractivity contribution in [2.45, 2.75) is 6.42 Å². The highest BCUT2D eigenvalue weighted by Crippen LogP contribution is 2.25. The van der Waals surface area contributed by atoms with Gasteiger partial charge < -0.3 is 4.74 Å². The minimum atomic E-state index is 0.753. The molecule has 0 aliphatic carbocycles. The molecule has 0 saturated heterocycles. The molecule has 3 nitrogen and oxygen atoms in total. The molecule has 52 valence electrons. The number of hydrogen-bond donors (Lipinski definition) is 1. The van der Waals surface area contributed by atoms with E-state index in [1.54, 1.807) is 12.5 Å². The lowest BCUT2D eigenvalue weighted by molar-refractivity contribution is 0.444. The van der Waals surface area contributed by atoms with Gasteiger partial charge in [0.15, 0.2) is 0 Å². The van der Waals surface area contributed by atoms with Crippen LogP contribution in [-0.2, 0) is 6.42 Å². The summed E-state index contributed by atoms with van der Waals surface area (Å²) in [5, 5.41) is 6.57. The van der Waals surface area contributed by atoms with E-state index in [4.69, 9.17) is 4.74 Å². The normalized spacial score (nSPS) is 15.5. The van der Waals surface area contributed by atoms with Crippen molar-refractivity contribution in [2.75, 3.05) is 0 Å². The van der Waals surface area contributed by atoms with Crippen LogP contribution in [0.1, 0.15) is 5.56 Å². The van der Waals surface area contributed by atoms with Gasteiger partial charge in [0.25, 0.3) is 0 Å². The average molecular weight is 201 g/mol. The van der Waals surface area contributed by atoms with Crippen molar-refractivity contribution in [3.05, 3.63) is 22.5 Å². The molecule has 4 heteroatoms. The molecule has 1 aromatic rings. The second-order valence-corrected chi connectivity index (χ2v) is 3.10. The Balaban J connectivity index is 2.39. The van der Waals surface area contributed by atoms with E-state index in [1.165, 1.54) is 0 Å². The summed E-state index contributed by atoms with van der Waals surface area (Å²) in [5.41, 5.74) is 1.09. The number of fused-ring (bicyclic) bond motifs is 1. The van der Waals surface area contributed by atoms with Crippen molar-refractivity contribution in [2.24, 2.45) is 0 Å². The van der Waals surface area contributed by atoms with Crippen molar-refractivity contribution < 1.29 is 4.74 Å². The minimum Gasteiger partial charge on any atom is -0.446 e. The maximum Gasteiger partial charge on any atom is 0.217 e. The summed E-state index contributed by atoms with van der Waals surface area (Å²) in [7, 11) is 0. The highest BCUT2D eigenvalue weighted by molar-refractivity contribution is 9.11. The molecule has 0 spiro atoms. The fourth-order valence-electron chi connectivity index (χ4n) is 0.874. The van der Waals surface area contributed by atoms with Gasteiger partial charge in [0.1, 0.15) is 6.26 Å². The highest BCUT2D eigenvalue weighted by Gasteiger charge is 2.11. The van der Waals surface area contributed by atoms with E-state index in [1.807, 2.05) is 0 Å². The summed E-state index contributed by atoms with van der Waals surface area (Å²) in [6, 6.07) is 0. The van der Waals surface area contributed by atoms with Crippen LogP contribution in [0, 0.1) is 0 Å². The summed E-state index contributed by atoms with van der Waals surface area (Å²) in [6.45, 7) is 0. The molecule has 1 aromatic heterocycles. The number of ether oxygens (including phenoxy) is 1. The SMILES string of the molecule is BrC1=COc2[nH]ncc2C1. The van der Waals surface area contributed by atoms with E-state index in [9.17, 15) is 0 Å². The monoisotopic (exact) mass is 200 g/mol. The Hall–Kier alpha value is -0.770. The predicted molar refractivity (Wildman–Crippen MR) is 39.9 cm³/mol. The van der Waals surface area contributed by atoms with Gasteiger partial charge in [-0.05, 0) is 0 Å². The molecular weight excluding hydrogens is 196 g/mol. The molecule has 0 saturated carbocycles. The first-order valence-electron chi connectivity index (χ1n) is 2.90. The van der Waals surface area contributed by atoms with Gasteiger partial charge in [-0.1, -0.05) is 15.9 Å². The number of rotatable bonds is 0. The van der Waals surface area contributed by atoms with Gasteiger partial charge in [-0.2, -0.15) is 5.10 Å². The molecule has 0 bridgehead atoms. The topological polar surface area (TPSA) is 37.9 Å². The van der Waals surface area contributed by atoms with Crippen LogP contribution in [0.25, 0.3) is 0 Å². The van der Waals surface area contributed by atoms with E-state index in [2.05, 4.69) is 26.1 Å². The number of aromatic nitrogens is 2. The zero-order valence-corrected chi connectivity index (χ0v) is 6.68. The van der Waals surface area contributed by atoms with Gasteiger partial charge >= 0.3 is 0 Å². The molecule has 0 unspecified atom stereocenters. The molecule has 1 aliphatic rings. The Morgan fingerprint density at radius 2 is 2.60 bits per heavy atom. The number of nitrogens with one attached hydrogen (secondary N) is 1. The number of aromatic amines is 1. The van der Waals surface area contributed by atoms with Crippen LogP contribution >= 0.6 is 15.9 Å². The van der Waals surface area contributed by atoms with E-state index in [0.717, 1.165) is 22.3 Å². The van der Waals surface area contributed by atoms with Crippen LogP contribution in [0.5, 0.6) is 5.88 Å². The van der Waals surface area contributed by atoms with E-state index >= 15 is 0 Å². The lowest BCUT2D eigenvalue weighted by atomic mass is 10.2. The third kappa shape index (κ3) is 0.844. The Labute approximate surface area is 66.2 Å². The molecule has 1 N–H and O–H groups in total. The molecule has 10 heavy (non-hydrogen) atoms. The van der Waals surface area contributed by atoms with Crippen LogP contribution in [0.2, 0.25) is 0 Å². The average Bonchev–Trinajstić information content (AvgIpc) is 2.33. The maximum absolute atomic E-state index is 5.15. The van der Waals surface area contributed by atoms with E-state index in [-0.39, 0.29) is 0 Å². The van der Waals surface area contributed by atoms with Gasteiger partial charge in [0.05, 0.1) is 6.20 Å². The number of hydrogen-bond acceptors (Lipinski definition) is 2. The lowest BCUT2D eigenvalue weighted by Gasteiger charge is -2.06. The fraction of sp³-hybridized carbons (Fsp3) is 0.167. The lowest BCUT2D eigenvalue weighted by Crippen LogP contribution is -1.96. The number of H-pyrrole nitrogens is 1. The molecule has 0 radical (unpaired) electrons. The minimum absolute atomic E-state index is 0.753. The first-order valence-corrected chi connectivity index (χ1v) is 3.69. The molecule has 0 amide bonds. The fourth-order valence-corrected chi connectivity index (χ4v) is 1.27. The van der Waals surface area contributed by atoms with Gasteiger partial charge in [-0.3, -0.25) is 0 Å². The summed E-state index contributed by atoms with van der Waals surface area (Å²) < 4.78 is 6.19. The van der Waals surface area contributed by atoms with Crippen LogP contribution < -0.4 is 4.74 Å². The van der Waals surface area contributed by atoms with Crippen LogP contribution in [0.4, 0.5) is 0 Å².